The minimum Gasteiger partial charge on any atom is -0.488 e. The van der Waals surface area contributed by atoms with Gasteiger partial charge in [0.2, 0.25) is 5.78 Å². The highest BCUT2D eigenvalue weighted by Gasteiger charge is 2.12. The highest BCUT2D eigenvalue weighted by Crippen LogP contribution is 2.26. The Labute approximate surface area is 139 Å². The highest BCUT2D eigenvalue weighted by molar-refractivity contribution is 9.10. The predicted octanol–water partition coefficient (Wildman–Crippen LogP) is 4.11. The van der Waals surface area contributed by atoms with Gasteiger partial charge in [-0.3, -0.25) is 4.79 Å². The molecule has 0 radical (unpaired) electrons. The number of aromatic nitrogens is 2. The van der Waals surface area contributed by atoms with Gasteiger partial charge in [0.05, 0.1) is 14.9 Å². The average molecular weight is 375 g/mol. The van der Waals surface area contributed by atoms with E-state index in [1.165, 1.54) is 30.1 Å². The van der Waals surface area contributed by atoms with Crippen LogP contribution in [0.5, 0.6) is 5.75 Å². The number of thiophene rings is 1. The van der Waals surface area contributed by atoms with Crippen LogP contribution in [0.3, 0.4) is 0 Å². The maximum absolute atomic E-state index is 12.3. The smallest absolute Gasteiger partial charge is 0.206 e. The Hall–Kier alpha value is -2.05. The summed E-state index contributed by atoms with van der Waals surface area (Å²) < 4.78 is 6.65. The van der Waals surface area contributed by atoms with Crippen molar-refractivity contribution in [3.8, 4) is 5.75 Å². The molecule has 0 aliphatic carbocycles. The fourth-order valence-corrected chi connectivity index (χ4v) is 3.11. The van der Waals surface area contributed by atoms with E-state index in [1.807, 2.05) is 35.7 Å². The van der Waals surface area contributed by atoms with Gasteiger partial charge in [-0.1, -0.05) is 12.1 Å². The van der Waals surface area contributed by atoms with Crippen LogP contribution in [0, 0.1) is 0 Å². The third kappa shape index (κ3) is 3.40. The quantitative estimate of drug-likeness (QED) is 0.630. The molecule has 0 spiro atoms. The maximum Gasteiger partial charge on any atom is 0.206 e. The third-order valence-electron chi connectivity index (χ3n) is 2.93. The van der Waals surface area contributed by atoms with Gasteiger partial charge in [-0.15, -0.1) is 11.3 Å². The number of nitrogens with zero attached hydrogens (tertiary/aromatic N) is 2. The van der Waals surface area contributed by atoms with E-state index in [2.05, 4.69) is 25.9 Å². The van der Waals surface area contributed by atoms with Crippen LogP contribution in [0.1, 0.15) is 20.8 Å². The molecule has 4 nitrogen and oxygen atoms in total. The van der Waals surface area contributed by atoms with Crippen LogP contribution in [-0.2, 0) is 6.61 Å². The molecule has 2 heterocycles. The standard InChI is InChI=1S/C16H11BrN2O2S/c17-13-3-1-2-4-14(13)21-8-11-5-15(22-9-11)16(20)12-6-18-10-19-7-12/h1-7,9-10H,8H2. The number of halogens is 1. The van der Waals surface area contributed by atoms with Crippen LogP contribution in [0.4, 0.5) is 0 Å². The maximum atomic E-state index is 12.3. The van der Waals surface area contributed by atoms with Crippen LogP contribution < -0.4 is 4.74 Å². The lowest BCUT2D eigenvalue weighted by Gasteiger charge is -2.06. The zero-order chi connectivity index (χ0) is 15.4. The Morgan fingerprint density at radius 1 is 1.23 bits per heavy atom. The largest absolute Gasteiger partial charge is 0.488 e. The highest BCUT2D eigenvalue weighted by atomic mass is 79.9. The lowest BCUT2D eigenvalue weighted by Crippen LogP contribution is -2.00. The molecule has 2 aromatic heterocycles. The first kappa shape index (κ1) is 14.9. The fourth-order valence-electron chi connectivity index (χ4n) is 1.85. The number of para-hydroxylation sites is 1. The minimum atomic E-state index is -0.0715. The van der Waals surface area contributed by atoms with E-state index < -0.39 is 0 Å². The van der Waals surface area contributed by atoms with Crippen LogP contribution in [0.15, 0.2) is 58.9 Å². The van der Waals surface area contributed by atoms with Crippen LogP contribution >= 0.6 is 27.3 Å². The topological polar surface area (TPSA) is 52.1 Å². The molecule has 3 rings (SSSR count). The van der Waals surface area contributed by atoms with E-state index in [0.29, 0.717) is 17.0 Å². The monoisotopic (exact) mass is 374 g/mol. The SMILES string of the molecule is O=C(c1cncnc1)c1cc(COc2ccccc2Br)cs1. The van der Waals surface area contributed by atoms with Crippen molar-refractivity contribution in [2.24, 2.45) is 0 Å². The molecule has 0 bridgehead atoms. The fraction of sp³-hybridized carbons (Fsp3) is 0.0625. The first-order valence-corrected chi connectivity index (χ1v) is 8.16. The number of carbonyl (C=O) groups is 1. The van der Waals surface area contributed by atoms with E-state index in [0.717, 1.165) is 15.8 Å². The van der Waals surface area contributed by atoms with Gasteiger partial charge >= 0.3 is 0 Å². The van der Waals surface area contributed by atoms with Gasteiger partial charge in [0, 0.05) is 18.0 Å². The lowest BCUT2D eigenvalue weighted by atomic mass is 10.2. The number of rotatable bonds is 5. The summed E-state index contributed by atoms with van der Waals surface area (Å²) in [7, 11) is 0. The van der Waals surface area contributed by atoms with Gasteiger partial charge in [-0.2, -0.15) is 0 Å². The zero-order valence-electron chi connectivity index (χ0n) is 11.4. The second kappa shape index (κ2) is 6.81. The second-order valence-electron chi connectivity index (χ2n) is 4.49. The van der Waals surface area contributed by atoms with Crippen LogP contribution in [0.25, 0.3) is 0 Å². The van der Waals surface area contributed by atoms with Crippen molar-refractivity contribution in [3.05, 3.63) is 74.9 Å². The molecule has 0 saturated heterocycles. The van der Waals surface area contributed by atoms with Crippen molar-refractivity contribution >= 4 is 33.0 Å². The van der Waals surface area contributed by atoms with Crippen LogP contribution in [0.2, 0.25) is 0 Å². The number of hydrogen-bond donors (Lipinski definition) is 0. The molecule has 0 fully saturated rings. The third-order valence-corrected chi connectivity index (χ3v) is 4.56. The van der Waals surface area contributed by atoms with E-state index in [1.54, 1.807) is 0 Å². The summed E-state index contributed by atoms with van der Waals surface area (Å²) in [4.78, 5) is 20.7. The molecule has 0 N–H and O–H groups in total. The van der Waals surface area contributed by atoms with Crippen molar-refractivity contribution in [3.63, 3.8) is 0 Å². The number of ketones is 1. The van der Waals surface area contributed by atoms with E-state index in [9.17, 15) is 4.79 Å². The van der Waals surface area contributed by atoms with Crippen LogP contribution in [-0.4, -0.2) is 15.8 Å². The summed E-state index contributed by atoms with van der Waals surface area (Å²) in [5.74, 6) is 0.704. The second-order valence-corrected chi connectivity index (χ2v) is 6.26. The van der Waals surface area contributed by atoms with Crippen molar-refractivity contribution < 1.29 is 9.53 Å². The number of ether oxygens (including phenoxy) is 1. The van der Waals surface area contributed by atoms with Crippen molar-refractivity contribution in [1.82, 2.24) is 9.97 Å². The molecule has 0 atom stereocenters. The molecule has 22 heavy (non-hydrogen) atoms. The molecule has 110 valence electrons. The molecule has 0 aliphatic heterocycles. The van der Waals surface area contributed by atoms with E-state index >= 15 is 0 Å². The minimum absolute atomic E-state index is 0.0715. The Morgan fingerprint density at radius 2 is 2.00 bits per heavy atom. The molecule has 0 saturated carbocycles. The summed E-state index contributed by atoms with van der Waals surface area (Å²) in [5, 5.41) is 1.92. The Bertz CT molecular complexity index is 790. The zero-order valence-corrected chi connectivity index (χ0v) is 13.8. The average Bonchev–Trinajstić information content (AvgIpc) is 3.03. The van der Waals surface area contributed by atoms with Gasteiger partial charge in [-0.25, -0.2) is 9.97 Å². The summed E-state index contributed by atoms with van der Waals surface area (Å²) in [6.45, 7) is 0.414. The Kier molecular flexibility index (Phi) is 4.60. The number of hydrogen-bond acceptors (Lipinski definition) is 5. The summed E-state index contributed by atoms with van der Waals surface area (Å²) in [6, 6.07) is 9.51. The molecule has 0 aliphatic rings. The normalized spacial score (nSPS) is 10.4. The molecule has 0 amide bonds. The Morgan fingerprint density at radius 3 is 2.77 bits per heavy atom. The molecule has 1 aromatic carbocycles. The number of carbonyl (C=O) groups excluding carboxylic acids is 1. The first-order chi connectivity index (χ1) is 10.7. The van der Waals surface area contributed by atoms with Gasteiger partial charge in [0.15, 0.2) is 0 Å². The molecule has 3 aromatic rings. The van der Waals surface area contributed by atoms with E-state index in [4.69, 9.17) is 4.74 Å². The summed E-state index contributed by atoms with van der Waals surface area (Å²) in [5.41, 5.74) is 1.45. The van der Waals surface area contributed by atoms with Crippen molar-refractivity contribution in [1.29, 1.82) is 0 Å². The van der Waals surface area contributed by atoms with Crippen molar-refractivity contribution in [2.45, 2.75) is 6.61 Å². The van der Waals surface area contributed by atoms with E-state index in [-0.39, 0.29) is 5.78 Å². The number of benzene rings is 1. The summed E-state index contributed by atoms with van der Waals surface area (Å²) >= 11 is 4.83. The van der Waals surface area contributed by atoms with Gasteiger partial charge in [-0.05, 0) is 39.5 Å². The van der Waals surface area contributed by atoms with Gasteiger partial charge in [0.25, 0.3) is 0 Å². The summed E-state index contributed by atoms with van der Waals surface area (Å²) in [6.07, 6.45) is 4.45. The molecular formula is C16H11BrN2O2S. The molecule has 6 heteroatoms. The molecular weight excluding hydrogens is 364 g/mol. The van der Waals surface area contributed by atoms with Crippen molar-refractivity contribution in [2.75, 3.05) is 0 Å². The lowest BCUT2D eigenvalue weighted by molar-refractivity contribution is 0.104. The first-order valence-electron chi connectivity index (χ1n) is 6.48. The van der Waals surface area contributed by atoms with Gasteiger partial charge < -0.3 is 4.74 Å². The van der Waals surface area contributed by atoms with Gasteiger partial charge in [0.1, 0.15) is 18.7 Å². The predicted molar refractivity (Wildman–Crippen MR) is 88.3 cm³/mol. The molecule has 0 unspecified atom stereocenters. The Balaban J connectivity index is 1.69.